The lowest BCUT2D eigenvalue weighted by Gasteiger charge is -2.36. The van der Waals surface area contributed by atoms with Crippen molar-refractivity contribution in [2.45, 2.75) is 6.54 Å². The summed E-state index contributed by atoms with van der Waals surface area (Å²) in [6.07, 6.45) is 1.13. The molecular weight excluding hydrogens is 387 g/mol. The van der Waals surface area contributed by atoms with Gasteiger partial charge in [-0.05, 0) is 36.0 Å². The fourth-order valence-electron chi connectivity index (χ4n) is 3.05. The number of benzene rings is 2. The zero-order valence-corrected chi connectivity index (χ0v) is 15.9. The van der Waals surface area contributed by atoms with E-state index >= 15 is 0 Å². The average molecular weight is 407 g/mol. The highest BCUT2D eigenvalue weighted by molar-refractivity contribution is 7.80. The SMILES string of the molecule is NC(=S)N/N=C/c1cc(F)c(N2CCN(Cc3ccc(F)cc3)CC2)cc1F. The molecule has 9 heteroatoms. The minimum Gasteiger partial charge on any atom is -0.375 e. The topological polar surface area (TPSA) is 56.9 Å². The summed E-state index contributed by atoms with van der Waals surface area (Å²) < 4.78 is 41.8. The number of rotatable bonds is 5. The van der Waals surface area contributed by atoms with E-state index in [4.69, 9.17) is 5.73 Å². The van der Waals surface area contributed by atoms with Crippen LogP contribution in [-0.4, -0.2) is 42.4 Å². The van der Waals surface area contributed by atoms with Crippen LogP contribution in [-0.2, 0) is 6.54 Å². The molecule has 0 radical (unpaired) electrons. The van der Waals surface area contributed by atoms with E-state index < -0.39 is 11.6 Å². The summed E-state index contributed by atoms with van der Waals surface area (Å²) >= 11 is 4.59. The molecule has 0 spiro atoms. The van der Waals surface area contributed by atoms with Gasteiger partial charge in [0.2, 0.25) is 0 Å². The van der Waals surface area contributed by atoms with E-state index in [1.54, 1.807) is 12.1 Å². The van der Waals surface area contributed by atoms with E-state index in [9.17, 15) is 13.2 Å². The van der Waals surface area contributed by atoms with Crippen LogP contribution < -0.4 is 16.1 Å². The van der Waals surface area contributed by atoms with E-state index in [0.717, 1.165) is 17.8 Å². The zero-order chi connectivity index (χ0) is 20.1. The Morgan fingerprint density at radius 2 is 1.75 bits per heavy atom. The first-order chi connectivity index (χ1) is 13.4. The second-order valence-electron chi connectivity index (χ2n) is 6.45. The van der Waals surface area contributed by atoms with Gasteiger partial charge in [-0.1, -0.05) is 12.1 Å². The quantitative estimate of drug-likeness (QED) is 0.453. The standard InChI is InChI=1S/C19H20F3N5S/c20-15-3-1-13(2-4-15)12-26-5-7-27(8-6-26)18-10-16(21)14(9-17(18)22)11-24-25-19(23)28/h1-4,9-11H,5-8,12H2,(H3,23,25,28)/b24-11+. The molecule has 1 aliphatic heterocycles. The Morgan fingerprint density at radius 3 is 2.39 bits per heavy atom. The molecule has 0 atom stereocenters. The molecule has 1 fully saturated rings. The van der Waals surface area contributed by atoms with Crippen LogP contribution in [0.3, 0.4) is 0 Å². The predicted octanol–water partition coefficient (Wildman–Crippen LogP) is 2.59. The number of hydrogen-bond acceptors (Lipinski definition) is 4. The molecule has 3 N–H and O–H groups in total. The summed E-state index contributed by atoms with van der Waals surface area (Å²) in [5.41, 5.74) is 8.76. The van der Waals surface area contributed by atoms with Crippen LogP contribution >= 0.6 is 12.2 Å². The number of halogens is 3. The molecule has 0 bridgehead atoms. The molecule has 0 aliphatic carbocycles. The first-order valence-electron chi connectivity index (χ1n) is 8.71. The smallest absolute Gasteiger partial charge is 0.184 e. The lowest BCUT2D eigenvalue weighted by molar-refractivity contribution is 0.249. The second-order valence-corrected chi connectivity index (χ2v) is 6.89. The Balaban J connectivity index is 1.62. The van der Waals surface area contributed by atoms with Crippen molar-refractivity contribution in [3.05, 3.63) is 65.0 Å². The van der Waals surface area contributed by atoms with Crippen LogP contribution in [0.2, 0.25) is 0 Å². The number of piperazine rings is 1. The summed E-state index contributed by atoms with van der Waals surface area (Å²) in [6.45, 7) is 3.21. The summed E-state index contributed by atoms with van der Waals surface area (Å²) in [7, 11) is 0. The molecule has 2 aromatic carbocycles. The molecule has 28 heavy (non-hydrogen) atoms. The van der Waals surface area contributed by atoms with Crippen LogP contribution in [0.25, 0.3) is 0 Å². The molecule has 0 amide bonds. The largest absolute Gasteiger partial charge is 0.375 e. The Morgan fingerprint density at radius 1 is 1.07 bits per heavy atom. The Hall–Kier alpha value is -2.65. The lowest BCUT2D eigenvalue weighted by Crippen LogP contribution is -2.46. The molecule has 1 aliphatic rings. The van der Waals surface area contributed by atoms with Crippen molar-refractivity contribution >= 4 is 29.2 Å². The number of nitrogens with one attached hydrogen (secondary N) is 1. The van der Waals surface area contributed by atoms with Gasteiger partial charge in [-0.2, -0.15) is 5.10 Å². The van der Waals surface area contributed by atoms with Crippen LogP contribution in [0.5, 0.6) is 0 Å². The first kappa shape index (κ1) is 20.1. The third kappa shape index (κ3) is 5.20. The number of thiocarbonyl (C=S) groups is 1. The van der Waals surface area contributed by atoms with Gasteiger partial charge in [0.25, 0.3) is 0 Å². The van der Waals surface area contributed by atoms with E-state index in [2.05, 4.69) is 27.6 Å². The molecule has 0 unspecified atom stereocenters. The second kappa shape index (κ2) is 9.03. The van der Waals surface area contributed by atoms with E-state index in [1.165, 1.54) is 18.2 Å². The maximum absolute atomic E-state index is 14.5. The van der Waals surface area contributed by atoms with Crippen LogP contribution in [0.15, 0.2) is 41.5 Å². The van der Waals surface area contributed by atoms with Crippen molar-refractivity contribution in [1.82, 2.24) is 10.3 Å². The molecule has 3 rings (SSSR count). The molecule has 2 aromatic rings. The number of nitrogens with two attached hydrogens (primary N) is 1. The average Bonchev–Trinajstić information content (AvgIpc) is 2.66. The summed E-state index contributed by atoms with van der Waals surface area (Å²) in [5.74, 6) is -1.37. The predicted molar refractivity (Wildman–Crippen MR) is 108 cm³/mol. The van der Waals surface area contributed by atoms with Crippen LogP contribution in [0.1, 0.15) is 11.1 Å². The Labute approximate surface area is 166 Å². The minimum absolute atomic E-state index is 0.0000502. The van der Waals surface area contributed by atoms with Gasteiger partial charge in [-0.25, -0.2) is 13.2 Å². The number of hydrogen-bond donors (Lipinski definition) is 2. The molecule has 0 aromatic heterocycles. The monoisotopic (exact) mass is 407 g/mol. The maximum atomic E-state index is 14.5. The van der Waals surface area contributed by atoms with Gasteiger partial charge in [0, 0.05) is 44.4 Å². The highest BCUT2D eigenvalue weighted by Gasteiger charge is 2.21. The summed E-state index contributed by atoms with van der Waals surface area (Å²) in [5, 5.41) is 3.59. The molecular formula is C19H20F3N5S. The number of nitrogens with zero attached hydrogens (tertiary/aromatic N) is 3. The van der Waals surface area contributed by atoms with Crippen molar-refractivity contribution in [2.24, 2.45) is 10.8 Å². The molecule has 0 saturated carbocycles. The Kier molecular flexibility index (Phi) is 6.48. The van der Waals surface area contributed by atoms with E-state index in [-0.39, 0.29) is 22.2 Å². The van der Waals surface area contributed by atoms with Crippen molar-refractivity contribution in [3.8, 4) is 0 Å². The highest BCUT2D eigenvalue weighted by atomic mass is 32.1. The van der Waals surface area contributed by atoms with E-state index in [1.807, 2.05) is 4.90 Å². The van der Waals surface area contributed by atoms with Crippen LogP contribution in [0, 0.1) is 17.5 Å². The number of anilines is 1. The van der Waals surface area contributed by atoms with Crippen molar-refractivity contribution in [2.75, 3.05) is 31.1 Å². The third-order valence-corrected chi connectivity index (χ3v) is 4.57. The minimum atomic E-state index is -0.585. The molecule has 1 saturated heterocycles. The Bertz CT molecular complexity index is 865. The van der Waals surface area contributed by atoms with Crippen molar-refractivity contribution in [1.29, 1.82) is 0 Å². The molecule has 1 heterocycles. The van der Waals surface area contributed by atoms with Gasteiger partial charge in [-0.3, -0.25) is 10.3 Å². The summed E-state index contributed by atoms with van der Waals surface area (Å²) in [6, 6.07) is 8.65. The molecule has 148 valence electrons. The first-order valence-corrected chi connectivity index (χ1v) is 9.12. The molecule has 5 nitrogen and oxygen atoms in total. The van der Waals surface area contributed by atoms with E-state index in [0.29, 0.717) is 32.7 Å². The van der Waals surface area contributed by atoms with Gasteiger partial charge in [0.05, 0.1) is 11.9 Å². The van der Waals surface area contributed by atoms with Gasteiger partial charge < -0.3 is 10.6 Å². The fraction of sp³-hybridized carbons (Fsp3) is 0.263. The zero-order valence-electron chi connectivity index (χ0n) is 15.0. The maximum Gasteiger partial charge on any atom is 0.184 e. The fourth-order valence-corrected chi connectivity index (χ4v) is 3.11. The van der Waals surface area contributed by atoms with Gasteiger partial charge in [-0.15, -0.1) is 0 Å². The van der Waals surface area contributed by atoms with Crippen molar-refractivity contribution < 1.29 is 13.2 Å². The highest BCUT2D eigenvalue weighted by Crippen LogP contribution is 2.24. The number of hydrazone groups is 1. The van der Waals surface area contributed by atoms with Crippen molar-refractivity contribution in [3.63, 3.8) is 0 Å². The van der Waals surface area contributed by atoms with Gasteiger partial charge >= 0.3 is 0 Å². The normalized spacial score (nSPS) is 15.2. The lowest BCUT2D eigenvalue weighted by atomic mass is 10.1. The van der Waals surface area contributed by atoms with Gasteiger partial charge in [0.15, 0.2) is 5.11 Å². The van der Waals surface area contributed by atoms with Gasteiger partial charge in [0.1, 0.15) is 17.5 Å². The summed E-state index contributed by atoms with van der Waals surface area (Å²) in [4.78, 5) is 4.01. The van der Waals surface area contributed by atoms with Crippen LogP contribution in [0.4, 0.5) is 18.9 Å². The third-order valence-electron chi connectivity index (χ3n) is 4.48.